The molecule has 0 bridgehead atoms. The van der Waals surface area contributed by atoms with Crippen LogP contribution in [0.1, 0.15) is 11.6 Å². The molecule has 5 nitrogen and oxygen atoms in total. The third-order valence-electron chi connectivity index (χ3n) is 3.05. The van der Waals surface area contributed by atoms with Crippen molar-refractivity contribution in [2.75, 3.05) is 33.4 Å². The highest BCUT2D eigenvalue weighted by Gasteiger charge is 2.23. The zero-order valence-corrected chi connectivity index (χ0v) is 10.3. The van der Waals surface area contributed by atoms with Gasteiger partial charge in [-0.2, -0.15) is 5.26 Å². The number of nitrogens with zero attached hydrogens (tertiary/aromatic N) is 2. The second kappa shape index (κ2) is 5.71. The molecule has 1 heterocycles. The van der Waals surface area contributed by atoms with E-state index in [0.717, 1.165) is 18.7 Å². The molecule has 0 spiro atoms. The minimum Gasteiger partial charge on any atom is -0.504 e. The fourth-order valence-corrected chi connectivity index (χ4v) is 2.08. The van der Waals surface area contributed by atoms with Gasteiger partial charge in [0.25, 0.3) is 0 Å². The topological polar surface area (TPSA) is 65.7 Å². The number of benzene rings is 1. The van der Waals surface area contributed by atoms with E-state index in [-0.39, 0.29) is 11.8 Å². The molecule has 1 N–H and O–H groups in total. The van der Waals surface area contributed by atoms with Crippen LogP contribution in [0.15, 0.2) is 18.2 Å². The summed E-state index contributed by atoms with van der Waals surface area (Å²) in [6, 6.07) is 6.98. The lowest BCUT2D eigenvalue weighted by molar-refractivity contribution is 0.0266. The SMILES string of the molecule is COc1ccc(C(C#N)N2CCOCC2)cc1O. The summed E-state index contributed by atoms with van der Waals surface area (Å²) in [7, 11) is 1.50. The summed E-state index contributed by atoms with van der Waals surface area (Å²) in [5.41, 5.74) is 0.776. The zero-order chi connectivity index (χ0) is 13.0. The molecule has 1 aliphatic heterocycles. The number of aromatic hydroxyl groups is 1. The van der Waals surface area contributed by atoms with Crippen LogP contribution in [0.5, 0.6) is 11.5 Å². The number of phenols is 1. The smallest absolute Gasteiger partial charge is 0.160 e. The Morgan fingerprint density at radius 2 is 2.17 bits per heavy atom. The number of phenolic OH excluding ortho intramolecular Hbond substituents is 1. The van der Waals surface area contributed by atoms with Crippen molar-refractivity contribution in [1.82, 2.24) is 4.90 Å². The second-order valence-corrected chi connectivity index (χ2v) is 4.11. The van der Waals surface area contributed by atoms with Crippen LogP contribution >= 0.6 is 0 Å². The molecular formula is C13H16N2O3. The molecule has 0 aliphatic carbocycles. The first kappa shape index (κ1) is 12.7. The Kier molecular flexibility index (Phi) is 4.03. The average Bonchev–Trinajstić information content (AvgIpc) is 2.41. The van der Waals surface area contributed by atoms with E-state index in [2.05, 4.69) is 6.07 Å². The van der Waals surface area contributed by atoms with E-state index in [1.165, 1.54) is 7.11 Å². The Labute approximate surface area is 106 Å². The van der Waals surface area contributed by atoms with Crippen LogP contribution in [-0.4, -0.2) is 43.4 Å². The van der Waals surface area contributed by atoms with Gasteiger partial charge in [0.2, 0.25) is 0 Å². The number of ether oxygens (including phenoxy) is 2. The maximum Gasteiger partial charge on any atom is 0.160 e. The van der Waals surface area contributed by atoms with Gasteiger partial charge < -0.3 is 14.6 Å². The van der Waals surface area contributed by atoms with Crippen LogP contribution in [0.4, 0.5) is 0 Å². The Morgan fingerprint density at radius 1 is 1.44 bits per heavy atom. The van der Waals surface area contributed by atoms with Crippen molar-refractivity contribution < 1.29 is 14.6 Å². The molecule has 1 fully saturated rings. The van der Waals surface area contributed by atoms with Crippen molar-refractivity contribution in [3.63, 3.8) is 0 Å². The van der Waals surface area contributed by atoms with Gasteiger partial charge in [-0.25, -0.2) is 0 Å². The lowest BCUT2D eigenvalue weighted by Crippen LogP contribution is -2.38. The van der Waals surface area contributed by atoms with Crippen molar-refractivity contribution in [3.8, 4) is 17.6 Å². The zero-order valence-electron chi connectivity index (χ0n) is 10.3. The molecule has 0 amide bonds. The Hall–Kier alpha value is -1.77. The summed E-state index contributed by atoms with van der Waals surface area (Å²) in [6.07, 6.45) is 0. The van der Waals surface area contributed by atoms with E-state index in [4.69, 9.17) is 9.47 Å². The van der Waals surface area contributed by atoms with Crippen molar-refractivity contribution in [2.24, 2.45) is 0 Å². The van der Waals surface area contributed by atoms with Gasteiger partial charge >= 0.3 is 0 Å². The maximum absolute atomic E-state index is 9.76. The Bertz CT molecular complexity index is 450. The molecule has 0 aromatic heterocycles. The summed E-state index contributed by atoms with van der Waals surface area (Å²) < 4.78 is 10.3. The van der Waals surface area contributed by atoms with Crippen LogP contribution in [0, 0.1) is 11.3 Å². The van der Waals surface area contributed by atoms with E-state index < -0.39 is 0 Å². The fraction of sp³-hybridized carbons (Fsp3) is 0.462. The molecule has 0 radical (unpaired) electrons. The van der Waals surface area contributed by atoms with E-state index in [1.54, 1.807) is 12.1 Å². The van der Waals surface area contributed by atoms with E-state index in [1.807, 2.05) is 11.0 Å². The first-order chi connectivity index (χ1) is 8.76. The van der Waals surface area contributed by atoms with Gasteiger partial charge in [0, 0.05) is 13.1 Å². The minimum absolute atomic E-state index is 0.0588. The van der Waals surface area contributed by atoms with E-state index >= 15 is 0 Å². The van der Waals surface area contributed by atoms with Crippen molar-refractivity contribution >= 4 is 0 Å². The van der Waals surface area contributed by atoms with Gasteiger partial charge in [0.15, 0.2) is 11.5 Å². The monoisotopic (exact) mass is 248 g/mol. The van der Waals surface area contributed by atoms with Gasteiger partial charge in [0.05, 0.1) is 26.4 Å². The first-order valence-corrected chi connectivity index (χ1v) is 5.84. The third-order valence-corrected chi connectivity index (χ3v) is 3.05. The van der Waals surface area contributed by atoms with Crippen LogP contribution in [0.25, 0.3) is 0 Å². The third kappa shape index (κ3) is 2.55. The largest absolute Gasteiger partial charge is 0.504 e. The van der Waals surface area contributed by atoms with Gasteiger partial charge in [-0.1, -0.05) is 6.07 Å². The van der Waals surface area contributed by atoms with Crippen molar-refractivity contribution in [2.45, 2.75) is 6.04 Å². The van der Waals surface area contributed by atoms with Gasteiger partial charge in [0.1, 0.15) is 6.04 Å². The highest BCUT2D eigenvalue weighted by atomic mass is 16.5. The molecule has 1 aromatic rings. The highest BCUT2D eigenvalue weighted by Crippen LogP contribution is 2.30. The molecule has 1 atom stereocenters. The maximum atomic E-state index is 9.76. The quantitative estimate of drug-likeness (QED) is 0.873. The number of methoxy groups -OCH3 is 1. The molecule has 96 valence electrons. The molecule has 1 aromatic carbocycles. The lowest BCUT2D eigenvalue weighted by atomic mass is 10.1. The number of morpholine rings is 1. The summed E-state index contributed by atoms with van der Waals surface area (Å²) >= 11 is 0. The molecule has 1 saturated heterocycles. The average molecular weight is 248 g/mol. The van der Waals surface area contributed by atoms with Gasteiger partial charge in [-0.05, 0) is 17.7 Å². The number of hydrogen-bond donors (Lipinski definition) is 1. The van der Waals surface area contributed by atoms with E-state index in [9.17, 15) is 10.4 Å². The summed E-state index contributed by atoms with van der Waals surface area (Å²) in [5, 5.41) is 19.1. The lowest BCUT2D eigenvalue weighted by Gasteiger charge is -2.30. The van der Waals surface area contributed by atoms with Crippen LogP contribution < -0.4 is 4.74 Å². The van der Waals surface area contributed by atoms with Crippen molar-refractivity contribution in [1.29, 1.82) is 5.26 Å². The minimum atomic E-state index is -0.356. The second-order valence-electron chi connectivity index (χ2n) is 4.11. The Morgan fingerprint density at radius 3 is 2.72 bits per heavy atom. The summed E-state index contributed by atoms with van der Waals surface area (Å²) in [6.45, 7) is 2.73. The first-order valence-electron chi connectivity index (χ1n) is 5.84. The number of hydrogen-bond acceptors (Lipinski definition) is 5. The van der Waals surface area contributed by atoms with Crippen LogP contribution in [-0.2, 0) is 4.74 Å². The Balaban J connectivity index is 2.22. The van der Waals surface area contributed by atoms with Crippen molar-refractivity contribution in [3.05, 3.63) is 23.8 Å². The molecular weight excluding hydrogens is 232 g/mol. The standard InChI is InChI=1S/C13H16N2O3/c1-17-13-3-2-10(8-12(13)16)11(9-14)15-4-6-18-7-5-15/h2-3,8,11,16H,4-7H2,1H3. The fourth-order valence-electron chi connectivity index (χ4n) is 2.08. The molecule has 1 aliphatic rings. The van der Waals surface area contributed by atoms with Crippen LogP contribution in [0.3, 0.4) is 0 Å². The highest BCUT2D eigenvalue weighted by molar-refractivity contribution is 5.43. The molecule has 5 heteroatoms. The molecule has 2 rings (SSSR count). The summed E-state index contributed by atoms with van der Waals surface area (Å²) in [5.74, 6) is 0.473. The predicted octanol–water partition coefficient (Wildman–Crippen LogP) is 1.30. The number of nitriles is 1. The van der Waals surface area contributed by atoms with Crippen LogP contribution in [0.2, 0.25) is 0 Å². The normalized spacial score (nSPS) is 18.0. The number of rotatable bonds is 3. The molecule has 18 heavy (non-hydrogen) atoms. The van der Waals surface area contributed by atoms with Gasteiger partial charge in [-0.3, -0.25) is 4.90 Å². The summed E-state index contributed by atoms with van der Waals surface area (Å²) in [4.78, 5) is 2.05. The van der Waals surface area contributed by atoms with Gasteiger partial charge in [-0.15, -0.1) is 0 Å². The molecule has 1 unspecified atom stereocenters. The predicted molar refractivity (Wildman–Crippen MR) is 65.4 cm³/mol. The van der Waals surface area contributed by atoms with E-state index in [0.29, 0.717) is 19.0 Å². The molecule has 0 saturated carbocycles.